The predicted molar refractivity (Wildman–Crippen MR) is 69.4 cm³/mol. The molecule has 2 N–H and O–H groups in total. The van der Waals surface area contributed by atoms with Gasteiger partial charge in [-0.15, -0.1) is 0 Å². The van der Waals surface area contributed by atoms with E-state index in [9.17, 15) is 15.2 Å². The molecule has 1 saturated heterocycles. The zero-order chi connectivity index (χ0) is 14.0. The summed E-state index contributed by atoms with van der Waals surface area (Å²) in [6.45, 7) is 2.33. The highest BCUT2D eigenvalue weighted by molar-refractivity contribution is 6.29. The lowest BCUT2D eigenvalue weighted by Crippen LogP contribution is -2.43. The fraction of sp³-hybridized carbons (Fsp3) is 0.545. The van der Waals surface area contributed by atoms with E-state index in [0.717, 1.165) is 0 Å². The maximum Gasteiger partial charge on any atom is 0.311 e. The Morgan fingerprint density at radius 2 is 2.47 bits per heavy atom. The van der Waals surface area contributed by atoms with Crippen LogP contribution >= 0.6 is 11.6 Å². The highest BCUT2D eigenvalue weighted by Gasteiger charge is 2.39. The molecule has 7 nitrogen and oxygen atoms in total. The number of ether oxygens (including phenoxy) is 1. The SMILES string of the molecule is CC1OCCC1(O)CNc1nc(Cl)ccc1[N+](=O)[O-]. The van der Waals surface area contributed by atoms with Crippen LogP contribution in [0.2, 0.25) is 5.15 Å². The third-order valence-electron chi connectivity index (χ3n) is 3.26. The lowest BCUT2D eigenvalue weighted by molar-refractivity contribution is -0.384. The Hall–Kier alpha value is -1.44. The van der Waals surface area contributed by atoms with Gasteiger partial charge in [0.1, 0.15) is 10.8 Å². The fourth-order valence-corrected chi connectivity index (χ4v) is 2.09. The van der Waals surface area contributed by atoms with Gasteiger partial charge in [0.2, 0.25) is 5.82 Å². The molecule has 1 aromatic rings. The van der Waals surface area contributed by atoms with Crippen LogP contribution in [-0.4, -0.2) is 39.9 Å². The predicted octanol–water partition coefficient (Wildman–Crippen LogP) is 1.59. The number of anilines is 1. The molecular formula is C11H14ClN3O4. The number of rotatable bonds is 4. The van der Waals surface area contributed by atoms with Gasteiger partial charge in [0, 0.05) is 25.6 Å². The first kappa shape index (κ1) is 14.0. The molecule has 1 aliphatic rings. The average molecular weight is 288 g/mol. The van der Waals surface area contributed by atoms with Crippen molar-refractivity contribution in [3.63, 3.8) is 0 Å². The van der Waals surface area contributed by atoms with Crippen LogP contribution in [0.25, 0.3) is 0 Å². The second-order valence-corrected chi connectivity index (χ2v) is 4.87. The number of hydrogen-bond donors (Lipinski definition) is 2. The number of nitrogens with one attached hydrogen (secondary N) is 1. The van der Waals surface area contributed by atoms with E-state index in [4.69, 9.17) is 16.3 Å². The molecule has 0 radical (unpaired) electrons. The third kappa shape index (κ3) is 2.94. The molecule has 2 heterocycles. The first-order chi connectivity index (χ1) is 8.92. The number of nitro groups is 1. The van der Waals surface area contributed by atoms with Gasteiger partial charge in [0.25, 0.3) is 0 Å². The number of aromatic nitrogens is 1. The molecule has 0 amide bonds. The van der Waals surface area contributed by atoms with Gasteiger partial charge >= 0.3 is 5.69 Å². The summed E-state index contributed by atoms with van der Waals surface area (Å²) in [5, 5.41) is 24.1. The average Bonchev–Trinajstić information content (AvgIpc) is 2.67. The number of hydrogen-bond acceptors (Lipinski definition) is 6. The second kappa shape index (κ2) is 5.28. The molecule has 0 aromatic carbocycles. The van der Waals surface area contributed by atoms with Crippen LogP contribution in [0.3, 0.4) is 0 Å². The van der Waals surface area contributed by atoms with Crippen molar-refractivity contribution in [3.05, 3.63) is 27.4 Å². The molecule has 0 spiro atoms. The van der Waals surface area contributed by atoms with Crippen molar-refractivity contribution in [1.29, 1.82) is 0 Å². The van der Waals surface area contributed by atoms with Crippen LogP contribution in [-0.2, 0) is 4.74 Å². The molecule has 1 aliphatic heterocycles. The number of pyridine rings is 1. The number of aliphatic hydroxyl groups is 1. The highest BCUT2D eigenvalue weighted by atomic mass is 35.5. The van der Waals surface area contributed by atoms with Gasteiger partial charge in [0.05, 0.1) is 11.0 Å². The van der Waals surface area contributed by atoms with Crippen LogP contribution in [0.5, 0.6) is 0 Å². The highest BCUT2D eigenvalue weighted by Crippen LogP contribution is 2.28. The molecule has 8 heteroatoms. The Labute approximate surface area is 114 Å². The molecular weight excluding hydrogens is 274 g/mol. The van der Waals surface area contributed by atoms with E-state index < -0.39 is 10.5 Å². The second-order valence-electron chi connectivity index (χ2n) is 4.48. The minimum atomic E-state index is -1.06. The van der Waals surface area contributed by atoms with Crippen molar-refractivity contribution in [3.8, 4) is 0 Å². The standard InChI is InChI=1S/C11H14ClN3O4/c1-7-11(16,4-5-19-7)6-13-10-8(15(17)18)2-3-9(12)14-10/h2-3,7,16H,4-6H2,1H3,(H,13,14). The Bertz CT molecular complexity index is 499. The molecule has 104 valence electrons. The van der Waals surface area contributed by atoms with Gasteiger partial charge in [0.15, 0.2) is 0 Å². The van der Waals surface area contributed by atoms with E-state index in [0.29, 0.717) is 13.0 Å². The van der Waals surface area contributed by atoms with E-state index in [1.54, 1.807) is 6.92 Å². The minimum Gasteiger partial charge on any atom is -0.385 e. The molecule has 0 aliphatic carbocycles. The summed E-state index contributed by atoms with van der Waals surface area (Å²) >= 11 is 5.72. The van der Waals surface area contributed by atoms with Crippen molar-refractivity contribution in [2.75, 3.05) is 18.5 Å². The summed E-state index contributed by atoms with van der Waals surface area (Å²) in [4.78, 5) is 14.2. The molecule has 1 aromatic heterocycles. The van der Waals surface area contributed by atoms with E-state index in [2.05, 4.69) is 10.3 Å². The van der Waals surface area contributed by atoms with Gasteiger partial charge in [-0.05, 0) is 13.0 Å². The van der Waals surface area contributed by atoms with Crippen molar-refractivity contribution in [1.82, 2.24) is 4.98 Å². The molecule has 1 fully saturated rings. The van der Waals surface area contributed by atoms with Crippen LogP contribution in [0.1, 0.15) is 13.3 Å². The Balaban J connectivity index is 2.15. The minimum absolute atomic E-state index is 0.0463. The molecule has 2 atom stereocenters. The van der Waals surface area contributed by atoms with Crippen molar-refractivity contribution >= 4 is 23.1 Å². The van der Waals surface area contributed by atoms with E-state index in [1.165, 1.54) is 12.1 Å². The largest absolute Gasteiger partial charge is 0.385 e. The smallest absolute Gasteiger partial charge is 0.311 e. The molecule has 0 saturated carbocycles. The molecule has 2 unspecified atom stereocenters. The summed E-state index contributed by atoms with van der Waals surface area (Å²) in [6.07, 6.45) is 0.133. The normalized spacial score (nSPS) is 26.4. The van der Waals surface area contributed by atoms with Crippen molar-refractivity contribution < 1.29 is 14.8 Å². The summed E-state index contributed by atoms with van der Waals surface area (Å²) < 4.78 is 5.29. The quantitative estimate of drug-likeness (QED) is 0.496. The summed E-state index contributed by atoms with van der Waals surface area (Å²) in [6, 6.07) is 2.62. The Kier molecular flexibility index (Phi) is 3.88. The maximum atomic E-state index is 10.9. The van der Waals surface area contributed by atoms with Gasteiger partial charge < -0.3 is 15.2 Å². The maximum absolute atomic E-state index is 10.9. The first-order valence-electron chi connectivity index (χ1n) is 5.81. The van der Waals surface area contributed by atoms with Gasteiger partial charge in [-0.1, -0.05) is 11.6 Å². The fourth-order valence-electron chi connectivity index (χ4n) is 1.95. The van der Waals surface area contributed by atoms with Crippen LogP contribution in [0.15, 0.2) is 12.1 Å². The van der Waals surface area contributed by atoms with E-state index in [-0.39, 0.29) is 29.3 Å². The zero-order valence-corrected chi connectivity index (χ0v) is 11.1. The molecule has 0 bridgehead atoms. The summed E-state index contributed by atoms with van der Waals surface area (Å²) in [5.41, 5.74) is -1.24. The Morgan fingerprint density at radius 1 is 1.74 bits per heavy atom. The third-order valence-corrected chi connectivity index (χ3v) is 3.47. The van der Waals surface area contributed by atoms with Crippen molar-refractivity contribution in [2.24, 2.45) is 0 Å². The zero-order valence-electron chi connectivity index (χ0n) is 10.3. The molecule has 2 rings (SSSR count). The van der Waals surface area contributed by atoms with E-state index in [1.807, 2.05) is 0 Å². The number of halogens is 1. The van der Waals surface area contributed by atoms with Gasteiger partial charge in [-0.2, -0.15) is 0 Å². The Morgan fingerprint density at radius 3 is 3.05 bits per heavy atom. The van der Waals surface area contributed by atoms with Gasteiger partial charge in [-0.25, -0.2) is 4.98 Å². The summed E-state index contributed by atoms with van der Waals surface area (Å²) in [7, 11) is 0. The van der Waals surface area contributed by atoms with Crippen molar-refractivity contribution in [2.45, 2.75) is 25.0 Å². The lowest BCUT2D eigenvalue weighted by atomic mass is 9.97. The lowest BCUT2D eigenvalue weighted by Gasteiger charge is -2.26. The van der Waals surface area contributed by atoms with Crippen LogP contribution in [0, 0.1) is 10.1 Å². The monoisotopic (exact) mass is 287 g/mol. The van der Waals surface area contributed by atoms with Crippen LogP contribution < -0.4 is 5.32 Å². The first-order valence-corrected chi connectivity index (χ1v) is 6.19. The van der Waals surface area contributed by atoms with Gasteiger partial charge in [-0.3, -0.25) is 10.1 Å². The topological polar surface area (TPSA) is 97.5 Å². The van der Waals surface area contributed by atoms with E-state index >= 15 is 0 Å². The summed E-state index contributed by atoms with van der Waals surface area (Å²) in [5.74, 6) is 0.0463. The van der Waals surface area contributed by atoms with Crippen LogP contribution in [0.4, 0.5) is 11.5 Å². The number of nitrogens with zero attached hydrogens (tertiary/aromatic N) is 2. The molecule has 19 heavy (non-hydrogen) atoms.